The highest BCUT2D eigenvalue weighted by molar-refractivity contribution is 5.79. The molecule has 2 aromatic heterocycles. The van der Waals surface area contributed by atoms with Gasteiger partial charge in [-0.2, -0.15) is 0 Å². The zero-order valence-electron chi connectivity index (χ0n) is 20.9. The van der Waals surface area contributed by atoms with Gasteiger partial charge in [0, 0.05) is 12.3 Å². The second kappa shape index (κ2) is 10.8. The van der Waals surface area contributed by atoms with Crippen LogP contribution in [-0.4, -0.2) is 19.9 Å². The number of fused-ring (bicyclic) bond motifs is 2. The molecule has 2 aliphatic carbocycles. The Hall–Kier alpha value is -2.62. The maximum atomic E-state index is 4.90. The van der Waals surface area contributed by atoms with Gasteiger partial charge < -0.3 is 9.97 Å². The Morgan fingerprint density at radius 2 is 1.47 bits per heavy atom. The summed E-state index contributed by atoms with van der Waals surface area (Å²) in [5, 5.41) is 0. The van der Waals surface area contributed by atoms with Crippen LogP contribution in [0.5, 0.6) is 0 Å². The molecule has 2 fully saturated rings. The van der Waals surface area contributed by atoms with Crippen LogP contribution in [0.25, 0.3) is 22.1 Å². The van der Waals surface area contributed by atoms with Crippen LogP contribution in [0.15, 0.2) is 42.5 Å². The van der Waals surface area contributed by atoms with Gasteiger partial charge in [-0.15, -0.1) is 0 Å². The number of H-pyrrole nitrogens is 2. The summed E-state index contributed by atoms with van der Waals surface area (Å²) in [6.07, 6.45) is 14.9. The van der Waals surface area contributed by atoms with Crippen molar-refractivity contribution in [3.8, 4) is 0 Å². The Morgan fingerprint density at radius 1 is 0.765 bits per heavy atom. The number of aromatic nitrogens is 4. The van der Waals surface area contributed by atoms with Gasteiger partial charge in [-0.3, -0.25) is 0 Å². The molecule has 0 bridgehead atoms. The van der Waals surface area contributed by atoms with E-state index in [0.29, 0.717) is 11.8 Å². The lowest BCUT2D eigenvalue weighted by molar-refractivity contribution is 0.352. The van der Waals surface area contributed by atoms with Crippen LogP contribution in [0.1, 0.15) is 107 Å². The molecule has 2 heterocycles. The van der Waals surface area contributed by atoms with E-state index in [9.17, 15) is 0 Å². The molecule has 0 saturated heterocycles. The number of hydrogen-bond donors (Lipinski definition) is 2. The van der Waals surface area contributed by atoms with Gasteiger partial charge in [0.25, 0.3) is 0 Å². The van der Waals surface area contributed by atoms with Crippen molar-refractivity contribution in [1.29, 1.82) is 0 Å². The minimum atomic E-state index is 0.538. The van der Waals surface area contributed by atoms with Gasteiger partial charge in [-0.1, -0.05) is 89.5 Å². The molecule has 180 valence electrons. The molecule has 0 atom stereocenters. The molecule has 4 aromatic rings. The number of aromatic amines is 2. The first-order chi connectivity index (χ1) is 16.7. The molecule has 2 aliphatic rings. The van der Waals surface area contributed by atoms with Crippen molar-refractivity contribution in [3.05, 3.63) is 59.7 Å². The van der Waals surface area contributed by atoms with Crippen molar-refractivity contribution in [3.63, 3.8) is 0 Å². The van der Waals surface area contributed by atoms with Gasteiger partial charge in [0.15, 0.2) is 0 Å². The largest absolute Gasteiger partial charge is 0.342 e. The lowest BCUT2D eigenvalue weighted by Gasteiger charge is -2.20. The predicted molar refractivity (Wildman–Crippen MR) is 142 cm³/mol. The van der Waals surface area contributed by atoms with Gasteiger partial charge >= 0.3 is 0 Å². The summed E-state index contributed by atoms with van der Waals surface area (Å²) in [7, 11) is 0. The third-order valence-electron chi connectivity index (χ3n) is 7.82. The van der Waals surface area contributed by atoms with Crippen LogP contribution in [0.3, 0.4) is 0 Å². The molecule has 0 spiro atoms. The third-order valence-corrected chi connectivity index (χ3v) is 7.82. The summed E-state index contributed by atoms with van der Waals surface area (Å²) >= 11 is 0. The van der Waals surface area contributed by atoms with Gasteiger partial charge in [0.2, 0.25) is 0 Å². The topological polar surface area (TPSA) is 57.4 Å². The lowest BCUT2D eigenvalue weighted by atomic mass is 9.87. The summed E-state index contributed by atoms with van der Waals surface area (Å²) in [5.74, 6) is 4.45. The molecule has 4 nitrogen and oxygen atoms in total. The van der Waals surface area contributed by atoms with Crippen molar-refractivity contribution in [2.75, 3.05) is 0 Å². The number of nitrogens with zero attached hydrogens (tertiary/aromatic N) is 2. The Kier molecular flexibility index (Phi) is 7.32. The van der Waals surface area contributed by atoms with Gasteiger partial charge in [-0.25, -0.2) is 9.97 Å². The van der Waals surface area contributed by atoms with Gasteiger partial charge in [0.1, 0.15) is 11.6 Å². The van der Waals surface area contributed by atoms with Crippen LogP contribution in [0.2, 0.25) is 0 Å². The predicted octanol–water partition coefficient (Wildman–Crippen LogP) is 8.42. The number of rotatable bonds is 4. The summed E-state index contributed by atoms with van der Waals surface area (Å²) in [6, 6.07) is 14.8. The molecule has 34 heavy (non-hydrogen) atoms. The van der Waals surface area contributed by atoms with E-state index in [1.54, 1.807) is 0 Å². The highest BCUT2D eigenvalue weighted by Gasteiger charge is 2.20. The first-order valence-electron chi connectivity index (χ1n) is 13.6. The molecule has 4 heteroatoms. The Labute approximate surface area is 204 Å². The number of imidazole rings is 2. The summed E-state index contributed by atoms with van der Waals surface area (Å²) in [6.45, 7) is 4.48. The number of para-hydroxylation sites is 3. The summed E-state index contributed by atoms with van der Waals surface area (Å²) < 4.78 is 0. The van der Waals surface area contributed by atoms with E-state index in [4.69, 9.17) is 4.98 Å². The Bertz CT molecular complexity index is 1160. The maximum Gasteiger partial charge on any atom is 0.110 e. The van der Waals surface area contributed by atoms with Crippen molar-refractivity contribution < 1.29 is 0 Å². The minimum absolute atomic E-state index is 0.538. The Morgan fingerprint density at radius 3 is 2.21 bits per heavy atom. The molecule has 0 radical (unpaired) electrons. The number of nitrogens with one attached hydrogen (secondary N) is 2. The molecule has 2 aromatic carbocycles. The van der Waals surface area contributed by atoms with E-state index in [0.717, 1.165) is 17.9 Å². The fourth-order valence-corrected chi connectivity index (χ4v) is 5.88. The molecule has 0 aliphatic heterocycles. The fraction of sp³-hybridized carbons (Fsp3) is 0.533. The normalized spacial score (nSPS) is 17.9. The van der Waals surface area contributed by atoms with E-state index in [1.807, 2.05) is 6.07 Å². The zero-order chi connectivity index (χ0) is 23.3. The molecule has 0 amide bonds. The van der Waals surface area contributed by atoms with Crippen LogP contribution in [0, 0.1) is 5.92 Å². The van der Waals surface area contributed by atoms with E-state index in [2.05, 4.69) is 65.2 Å². The average molecular weight is 457 g/mol. The average Bonchev–Trinajstić information content (AvgIpc) is 3.49. The molecule has 2 saturated carbocycles. The quantitative estimate of drug-likeness (QED) is 0.324. The van der Waals surface area contributed by atoms with Crippen LogP contribution < -0.4 is 0 Å². The first-order valence-corrected chi connectivity index (χ1v) is 13.6. The summed E-state index contributed by atoms with van der Waals surface area (Å²) in [5.41, 5.74) is 6.04. The van der Waals surface area contributed by atoms with E-state index < -0.39 is 0 Å². The van der Waals surface area contributed by atoms with Crippen LogP contribution >= 0.6 is 0 Å². The Balaban J connectivity index is 0.000000142. The fourth-order valence-electron chi connectivity index (χ4n) is 5.88. The molecular weight excluding hydrogens is 416 g/mol. The zero-order valence-corrected chi connectivity index (χ0v) is 20.9. The number of hydrogen-bond acceptors (Lipinski definition) is 2. The van der Waals surface area contributed by atoms with Crippen molar-refractivity contribution in [2.24, 2.45) is 5.92 Å². The van der Waals surface area contributed by atoms with E-state index in [-0.39, 0.29) is 0 Å². The standard InChI is InChI=1S/C16H22N2.C14H18N2/c1-11(2)13-9-6-10-14-15(13)18-16(17-14)12-7-4-3-5-8-12;1-2-6-11(7-3-1)10-14-15-12-8-4-5-9-13(12)16-14/h6,9-12H,3-5,7-8H2,1-2H3,(H,17,18);4-5,8-9,11H,1-3,6-7,10H2,(H,15,16). The lowest BCUT2D eigenvalue weighted by Crippen LogP contribution is -2.10. The number of benzene rings is 2. The van der Waals surface area contributed by atoms with E-state index >= 15 is 0 Å². The van der Waals surface area contributed by atoms with Gasteiger partial charge in [0.05, 0.1) is 22.1 Å². The SMILES string of the molecule is CC(C)c1cccc2[nH]c(C3CCCCC3)nc12.c1ccc2[nH]c(CC3CCCCC3)nc2c1. The smallest absolute Gasteiger partial charge is 0.110 e. The van der Waals surface area contributed by atoms with E-state index in [1.165, 1.54) is 98.0 Å². The first kappa shape index (κ1) is 23.1. The summed E-state index contributed by atoms with van der Waals surface area (Å²) in [4.78, 5) is 16.5. The second-order valence-electron chi connectivity index (χ2n) is 10.8. The van der Waals surface area contributed by atoms with Crippen LogP contribution in [-0.2, 0) is 6.42 Å². The monoisotopic (exact) mass is 456 g/mol. The van der Waals surface area contributed by atoms with Gasteiger partial charge in [-0.05, 0) is 48.4 Å². The molecule has 2 N–H and O–H groups in total. The van der Waals surface area contributed by atoms with Crippen molar-refractivity contribution in [2.45, 2.75) is 96.3 Å². The highest BCUT2D eigenvalue weighted by atomic mass is 14.9. The minimum Gasteiger partial charge on any atom is -0.342 e. The second-order valence-corrected chi connectivity index (χ2v) is 10.8. The maximum absolute atomic E-state index is 4.90. The molecule has 0 unspecified atom stereocenters. The van der Waals surface area contributed by atoms with Crippen molar-refractivity contribution in [1.82, 2.24) is 19.9 Å². The van der Waals surface area contributed by atoms with Crippen molar-refractivity contribution >= 4 is 22.1 Å². The van der Waals surface area contributed by atoms with Crippen LogP contribution in [0.4, 0.5) is 0 Å². The highest BCUT2D eigenvalue weighted by Crippen LogP contribution is 2.33. The third kappa shape index (κ3) is 5.37. The molecular formula is C30H40N4. The molecule has 6 rings (SSSR count).